The number of anilines is 1. The zero-order valence-electron chi connectivity index (χ0n) is 42.4. The van der Waals surface area contributed by atoms with Gasteiger partial charge in [0.1, 0.15) is 30.7 Å². The predicted octanol–water partition coefficient (Wildman–Crippen LogP) is 13.1. The number of nitrogens with zero attached hydrogens (tertiary/aromatic N) is 4. The number of hydrogen-bond donors (Lipinski definition) is 2. The molecule has 71 heavy (non-hydrogen) atoms. The third kappa shape index (κ3) is 19.6. The van der Waals surface area contributed by atoms with Crippen LogP contribution in [0, 0.1) is 18.4 Å². The number of nitrogens with one attached hydrogen (secondary N) is 1. The molecule has 3 heterocycles. The highest BCUT2D eigenvalue weighted by Crippen LogP contribution is 2.49. The van der Waals surface area contributed by atoms with Crippen molar-refractivity contribution in [3.63, 3.8) is 0 Å². The Kier molecular flexibility index (Phi) is 25.4. The number of nitrogen functional groups attached to an aromatic ring is 1. The predicted molar refractivity (Wildman–Crippen MR) is 277 cm³/mol. The van der Waals surface area contributed by atoms with Gasteiger partial charge in [-0.25, -0.2) is 9.55 Å². The van der Waals surface area contributed by atoms with Crippen LogP contribution in [0.5, 0.6) is 5.75 Å². The number of nitrogens with two attached hydrogens (primary N) is 1. The molecule has 0 radical (unpaired) electrons. The lowest BCUT2D eigenvalue weighted by Crippen LogP contribution is -2.46. The minimum Gasteiger partial charge on any atom is -0.465 e. The molecule has 0 spiro atoms. The number of ether oxygens (including phenoxy) is 3. The van der Waals surface area contributed by atoms with Gasteiger partial charge in [0.2, 0.25) is 0 Å². The molecule has 1 saturated heterocycles. The zero-order chi connectivity index (χ0) is 50.6. The van der Waals surface area contributed by atoms with Crippen LogP contribution in [0.2, 0.25) is 0 Å². The van der Waals surface area contributed by atoms with Gasteiger partial charge in [-0.15, -0.1) is 6.42 Å². The normalized spacial score (nSPS) is 17.9. The van der Waals surface area contributed by atoms with Crippen LogP contribution in [0.25, 0.3) is 11.2 Å². The van der Waals surface area contributed by atoms with E-state index in [4.69, 9.17) is 35.4 Å². The summed E-state index contributed by atoms with van der Waals surface area (Å²) in [6.07, 6.45) is 31.3. The Bertz CT molecular complexity index is 2250. The lowest BCUT2D eigenvalue weighted by molar-refractivity contribution is -0.158. The fourth-order valence-corrected chi connectivity index (χ4v) is 10.5. The number of fused-ring (bicyclic) bond motifs is 1. The molecule has 0 amide bonds. The first-order valence-corrected chi connectivity index (χ1v) is 28.1. The molecule has 0 saturated carbocycles. The fraction of sp³-hybridized carbons (Fsp3) is 0.618. The van der Waals surface area contributed by atoms with E-state index in [9.17, 15) is 14.0 Å². The Labute approximate surface area is 422 Å². The van der Waals surface area contributed by atoms with Crippen molar-refractivity contribution in [3.05, 3.63) is 78.6 Å². The number of aromatic nitrogens is 4. The Hall–Kier alpha value is -4.87. The van der Waals surface area contributed by atoms with Crippen LogP contribution >= 0.6 is 7.75 Å². The Morgan fingerprint density at radius 3 is 1.96 bits per heavy atom. The van der Waals surface area contributed by atoms with Gasteiger partial charge in [0, 0.05) is 12.8 Å². The molecule has 390 valence electrons. The minimum atomic E-state index is -4.57. The highest BCUT2D eigenvalue weighted by molar-refractivity contribution is 7.52. The monoisotopic (exact) mass is 1000 g/mol. The lowest BCUT2D eigenvalue weighted by Gasteiger charge is -2.31. The van der Waals surface area contributed by atoms with E-state index in [1.165, 1.54) is 94.4 Å². The zero-order valence-corrected chi connectivity index (χ0v) is 43.3. The molecule has 1 fully saturated rings. The average molecular weight is 1000 g/mol. The second-order valence-corrected chi connectivity index (χ2v) is 20.6. The van der Waals surface area contributed by atoms with Crippen molar-refractivity contribution in [1.82, 2.24) is 24.6 Å². The molecule has 2 aromatic carbocycles. The maximum atomic E-state index is 15.2. The van der Waals surface area contributed by atoms with Gasteiger partial charge >= 0.3 is 25.8 Å². The van der Waals surface area contributed by atoms with E-state index in [-0.39, 0.29) is 48.6 Å². The van der Waals surface area contributed by atoms with E-state index in [1.807, 2.05) is 30.3 Å². The summed E-state index contributed by atoms with van der Waals surface area (Å²) in [6, 6.07) is 16.5. The third-order valence-electron chi connectivity index (χ3n) is 13.1. The first-order valence-electron chi connectivity index (χ1n) is 26.6. The Morgan fingerprint density at radius 1 is 0.831 bits per heavy atom. The largest absolute Gasteiger partial charge is 0.465 e. The van der Waals surface area contributed by atoms with Crippen LogP contribution in [0.1, 0.15) is 186 Å². The van der Waals surface area contributed by atoms with Crippen molar-refractivity contribution in [2.75, 3.05) is 18.9 Å². The van der Waals surface area contributed by atoms with Crippen LogP contribution in [0.15, 0.2) is 67.0 Å². The molecule has 1 aliphatic heterocycles. The number of hydrogen-bond acceptors (Lipinski definition) is 12. The number of rotatable bonds is 37. The lowest BCUT2D eigenvalue weighted by atomic mass is 9.98. The molecule has 2 aromatic heterocycles. The van der Waals surface area contributed by atoms with E-state index in [0.717, 1.165) is 56.9 Å². The van der Waals surface area contributed by atoms with E-state index in [1.54, 1.807) is 30.3 Å². The topological polar surface area (TPSA) is 179 Å². The highest BCUT2D eigenvalue weighted by atomic mass is 31.2. The number of unbranched alkanes of at least 4 members (excludes halogenated alkanes) is 21. The van der Waals surface area contributed by atoms with Gasteiger partial charge in [-0.2, -0.15) is 19.4 Å². The molecule has 1 unspecified atom stereocenters. The first-order chi connectivity index (χ1) is 34.6. The summed E-state index contributed by atoms with van der Waals surface area (Å²) in [4.78, 5) is 39.3. The van der Waals surface area contributed by atoms with Gasteiger partial charge < -0.3 is 24.5 Å². The van der Waals surface area contributed by atoms with Gasteiger partial charge in [0.05, 0.1) is 12.9 Å². The summed E-state index contributed by atoms with van der Waals surface area (Å²) >= 11 is 0. The van der Waals surface area contributed by atoms with Crippen LogP contribution in [-0.4, -0.2) is 62.4 Å². The molecule has 0 bridgehead atoms. The maximum absolute atomic E-state index is 15.2. The summed E-state index contributed by atoms with van der Waals surface area (Å²) in [5.41, 5.74) is 5.05. The summed E-state index contributed by atoms with van der Waals surface area (Å²) in [5, 5.41) is 2.90. The maximum Gasteiger partial charge on any atom is 0.459 e. The van der Waals surface area contributed by atoms with Crippen molar-refractivity contribution in [2.24, 2.45) is 0 Å². The molecule has 14 nitrogen and oxygen atoms in total. The van der Waals surface area contributed by atoms with Gasteiger partial charge in [0.15, 0.2) is 22.6 Å². The van der Waals surface area contributed by atoms with E-state index >= 15 is 4.57 Å². The number of esters is 2. The molecular formula is C55H80FN6O8P. The first kappa shape index (κ1) is 57.0. The molecule has 4 aromatic rings. The standard InChI is InChI=1S/C55H80FN6O8P/c1-4-7-9-11-13-14-15-16-17-18-19-20-21-23-25-33-39-66-53(64)46(40-44-34-28-26-29-35-44)61-71(65,70-45-36-30-27-31-37-45)67-42-55(6-3)47(68-49(63)38-32-24-22-12-10-8-5-2)41-48(69-55)62-43-58-50-51(57)59-54(56)60-52(50)62/h3,26-31,34-37,43,46-48H,4-5,7-25,32-33,38-42H2,1-2H3,(H,61,65)(H2,57,59,60)/t46-,47-,48+,55+,71?/m0/s1. The molecular weight excluding hydrogens is 923 g/mol. The number of imidazole rings is 1. The van der Waals surface area contributed by atoms with E-state index in [0.29, 0.717) is 12.8 Å². The molecule has 0 aliphatic carbocycles. The summed E-state index contributed by atoms with van der Waals surface area (Å²) in [7, 11) is -4.57. The molecule has 3 N–H and O–H groups in total. The number of para-hydroxylation sites is 1. The average Bonchev–Trinajstić information content (AvgIpc) is 3.96. The van der Waals surface area contributed by atoms with E-state index in [2.05, 4.69) is 39.8 Å². The minimum absolute atomic E-state index is 0.0310. The number of terminal acetylenes is 1. The smallest absolute Gasteiger partial charge is 0.459 e. The molecule has 5 atom stereocenters. The van der Waals surface area contributed by atoms with Crippen LogP contribution in [0.3, 0.4) is 0 Å². The summed E-state index contributed by atoms with van der Waals surface area (Å²) in [5.74, 6) is 1.51. The second kappa shape index (κ2) is 31.6. The van der Waals surface area contributed by atoms with Gasteiger partial charge in [0.25, 0.3) is 0 Å². The fourth-order valence-electron chi connectivity index (χ4n) is 8.95. The van der Waals surface area contributed by atoms with Crippen molar-refractivity contribution >= 4 is 36.7 Å². The van der Waals surface area contributed by atoms with Crippen LogP contribution in [0.4, 0.5) is 10.2 Å². The third-order valence-corrected chi connectivity index (χ3v) is 14.6. The number of carbonyl (C=O) groups excluding carboxylic acids is 2. The van der Waals surface area contributed by atoms with Crippen molar-refractivity contribution in [1.29, 1.82) is 0 Å². The highest BCUT2D eigenvalue weighted by Gasteiger charge is 2.53. The summed E-state index contributed by atoms with van der Waals surface area (Å²) in [6.45, 7) is 3.99. The molecule has 1 aliphatic rings. The summed E-state index contributed by atoms with van der Waals surface area (Å²) < 4.78 is 61.9. The van der Waals surface area contributed by atoms with E-state index < -0.39 is 56.3 Å². The number of halogens is 1. The van der Waals surface area contributed by atoms with Crippen LogP contribution in [-0.2, 0) is 39.3 Å². The van der Waals surface area contributed by atoms with Gasteiger partial charge in [-0.1, -0.05) is 203 Å². The number of benzene rings is 2. The quantitative estimate of drug-likeness (QED) is 0.0143. The number of carbonyl (C=O) groups is 2. The van der Waals surface area contributed by atoms with Crippen molar-refractivity contribution in [3.8, 4) is 18.1 Å². The Morgan fingerprint density at radius 2 is 1.38 bits per heavy atom. The van der Waals surface area contributed by atoms with Crippen molar-refractivity contribution in [2.45, 2.75) is 205 Å². The van der Waals surface area contributed by atoms with Gasteiger partial charge in [-0.05, 0) is 37.0 Å². The molecule has 16 heteroatoms. The van der Waals surface area contributed by atoms with Gasteiger partial charge in [-0.3, -0.25) is 18.7 Å². The van der Waals surface area contributed by atoms with Crippen molar-refractivity contribution < 1.29 is 41.8 Å². The molecule has 5 rings (SSSR count). The van der Waals surface area contributed by atoms with Crippen LogP contribution < -0.4 is 15.3 Å². The SMILES string of the molecule is C#C[C@]1(COP(=O)(N[C@@H](Cc2ccccc2)C(=O)OCCCCCCCCCCCCCCCCCC)Oc2ccccc2)O[C@@H](n2cnc3c(N)nc(F)nc32)C[C@@H]1OC(=O)CCCCCCCCC. The second-order valence-electron chi connectivity index (χ2n) is 18.9. The Balaban J connectivity index is 1.25.